The molecule has 0 amide bonds. The maximum atomic E-state index is 10.9. The van der Waals surface area contributed by atoms with Gasteiger partial charge in [-0.15, -0.1) is 0 Å². The molecule has 0 fully saturated rings. The van der Waals surface area contributed by atoms with Crippen LogP contribution in [0.3, 0.4) is 0 Å². The van der Waals surface area contributed by atoms with Crippen LogP contribution in [0.15, 0.2) is 42.6 Å². The zero-order valence-electron chi connectivity index (χ0n) is 11.5. The Morgan fingerprint density at radius 3 is 2.65 bits per heavy atom. The first kappa shape index (κ1) is 14.0. The van der Waals surface area contributed by atoms with Gasteiger partial charge < -0.3 is 5.32 Å². The maximum Gasteiger partial charge on any atom is 0.311 e. The van der Waals surface area contributed by atoms with E-state index in [1.165, 1.54) is 17.2 Å². The molecular weight excluding hydrogens is 254 g/mol. The van der Waals surface area contributed by atoms with E-state index in [9.17, 15) is 10.1 Å². The van der Waals surface area contributed by atoms with Crippen molar-refractivity contribution in [3.05, 3.63) is 63.8 Å². The molecule has 5 nitrogen and oxygen atoms in total. The molecule has 1 aromatic heterocycles. The normalized spacial score (nSPS) is 11.9. The van der Waals surface area contributed by atoms with E-state index in [0.29, 0.717) is 5.82 Å². The summed E-state index contributed by atoms with van der Waals surface area (Å²) in [6.07, 6.45) is 2.34. The van der Waals surface area contributed by atoms with Gasteiger partial charge in [0.15, 0.2) is 0 Å². The van der Waals surface area contributed by atoms with Crippen molar-refractivity contribution >= 4 is 11.5 Å². The average Bonchev–Trinajstić information content (AvgIpc) is 2.41. The van der Waals surface area contributed by atoms with Crippen molar-refractivity contribution in [2.24, 2.45) is 0 Å². The highest BCUT2D eigenvalue weighted by Crippen LogP contribution is 2.21. The quantitative estimate of drug-likeness (QED) is 0.669. The number of aryl methyl sites for hydroxylation is 1. The average molecular weight is 271 g/mol. The summed E-state index contributed by atoms with van der Waals surface area (Å²) in [4.78, 5) is 14.5. The van der Waals surface area contributed by atoms with E-state index in [0.717, 1.165) is 6.42 Å². The third-order valence-electron chi connectivity index (χ3n) is 3.03. The number of aromatic nitrogens is 1. The predicted octanol–water partition coefficient (Wildman–Crippen LogP) is 3.34. The van der Waals surface area contributed by atoms with E-state index >= 15 is 0 Å². The molecule has 0 saturated carbocycles. The fourth-order valence-corrected chi connectivity index (χ4v) is 2.02. The summed E-state index contributed by atoms with van der Waals surface area (Å²) in [5.74, 6) is 0.317. The molecule has 5 heteroatoms. The number of anilines is 1. The van der Waals surface area contributed by atoms with Gasteiger partial charge in [-0.05, 0) is 31.9 Å². The monoisotopic (exact) mass is 271 g/mol. The lowest BCUT2D eigenvalue weighted by Crippen LogP contribution is -2.19. The van der Waals surface area contributed by atoms with Gasteiger partial charge in [0.2, 0.25) is 5.82 Å². The van der Waals surface area contributed by atoms with Gasteiger partial charge in [-0.3, -0.25) is 10.1 Å². The number of hydrogen-bond acceptors (Lipinski definition) is 4. The van der Waals surface area contributed by atoms with Gasteiger partial charge in [0.1, 0.15) is 0 Å². The lowest BCUT2D eigenvalue weighted by molar-refractivity contribution is -0.384. The standard InChI is InChI=1S/C15H17N3O2/c1-11-5-7-13(8-6-11)10-12(2)17-15-14(18(19)20)4-3-9-16-15/h3-9,12H,10H2,1-2H3,(H,16,17). The Morgan fingerprint density at radius 2 is 2.00 bits per heavy atom. The van der Waals surface area contributed by atoms with Gasteiger partial charge in [-0.25, -0.2) is 4.98 Å². The van der Waals surface area contributed by atoms with Gasteiger partial charge in [0.05, 0.1) is 4.92 Å². The second kappa shape index (κ2) is 6.14. The highest BCUT2D eigenvalue weighted by Gasteiger charge is 2.15. The van der Waals surface area contributed by atoms with Crippen molar-refractivity contribution < 1.29 is 4.92 Å². The number of nitro groups is 1. The zero-order valence-corrected chi connectivity index (χ0v) is 11.5. The molecule has 1 N–H and O–H groups in total. The molecule has 0 spiro atoms. The van der Waals surface area contributed by atoms with Crippen LogP contribution in [0.5, 0.6) is 0 Å². The van der Waals surface area contributed by atoms with Crippen LogP contribution in [0.1, 0.15) is 18.1 Å². The lowest BCUT2D eigenvalue weighted by Gasteiger charge is -2.14. The summed E-state index contributed by atoms with van der Waals surface area (Å²) in [5.41, 5.74) is 2.41. The van der Waals surface area contributed by atoms with Crippen molar-refractivity contribution in [3.8, 4) is 0 Å². The Labute approximate surface area is 117 Å². The Hall–Kier alpha value is -2.43. The summed E-state index contributed by atoms with van der Waals surface area (Å²) in [7, 11) is 0. The minimum Gasteiger partial charge on any atom is -0.362 e. The van der Waals surface area contributed by atoms with E-state index < -0.39 is 4.92 Å². The Bertz CT molecular complexity index is 596. The number of nitrogens with zero attached hydrogens (tertiary/aromatic N) is 2. The van der Waals surface area contributed by atoms with Crippen molar-refractivity contribution in [2.75, 3.05) is 5.32 Å². The first-order valence-corrected chi connectivity index (χ1v) is 6.48. The fraction of sp³-hybridized carbons (Fsp3) is 0.267. The number of nitrogens with one attached hydrogen (secondary N) is 1. The van der Waals surface area contributed by atoms with Crippen molar-refractivity contribution in [2.45, 2.75) is 26.3 Å². The molecule has 0 aliphatic heterocycles. The van der Waals surface area contributed by atoms with Crippen molar-refractivity contribution in [1.29, 1.82) is 0 Å². The molecule has 0 aliphatic carbocycles. The second-order valence-corrected chi connectivity index (χ2v) is 4.86. The zero-order chi connectivity index (χ0) is 14.5. The number of rotatable bonds is 5. The van der Waals surface area contributed by atoms with Crippen molar-refractivity contribution in [3.63, 3.8) is 0 Å². The highest BCUT2D eigenvalue weighted by atomic mass is 16.6. The molecule has 2 rings (SSSR count). The highest BCUT2D eigenvalue weighted by molar-refractivity contribution is 5.55. The molecule has 1 aromatic carbocycles. The summed E-state index contributed by atoms with van der Waals surface area (Å²) in [6, 6.07) is 11.3. The SMILES string of the molecule is Cc1ccc(CC(C)Nc2ncccc2[N+](=O)[O-])cc1. The predicted molar refractivity (Wildman–Crippen MR) is 78.9 cm³/mol. The van der Waals surface area contributed by atoms with Crippen LogP contribution in [-0.2, 0) is 6.42 Å². The summed E-state index contributed by atoms with van der Waals surface area (Å²) in [5, 5.41) is 14.0. The van der Waals surface area contributed by atoms with Crippen LogP contribution in [0, 0.1) is 17.0 Å². The second-order valence-electron chi connectivity index (χ2n) is 4.86. The number of benzene rings is 1. The van der Waals surface area contributed by atoms with Gasteiger partial charge in [0, 0.05) is 18.3 Å². The van der Waals surface area contributed by atoms with Gasteiger partial charge >= 0.3 is 5.69 Å². The fourth-order valence-electron chi connectivity index (χ4n) is 2.02. The van der Waals surface area contributed by atoms with Gasteiger partial charge in [-0.2, -0.15) is 0 Å². The van der Waals surface area contributed by atoms with Crippen LogP contribution in [-0.4, -0.2) is 15.9 Å². The smallest absolute Gasteiger partial charge is 0.311 e. The van der Waals surface area contributed by atoms with Gasteiger partial charge in [0.25, 0.3) is 0 Å². The summed E-state index contributed by atoms with van der Waals surface area (Å²) in [6.45, 7) is 4.03. The number of pyridine rings is 1. The molecule has 2 aromatic rings. The topological polar surface area (TPSA) is 68.1 Å². The lowest BCUT2D eigenvalue weighted by atomic mass is 10.1. The van der Waals surface area contributed by atoms with E-state index in [4.69, 9.17) is 0 Å². The molecule has 104 valence electrons. The molecule has 1 atom stereocenters. The molecule has 0 aliphatic rings. The van der Waals surface area contributed by atoms with Crippen molar-refractivity contribution in [1.82, 2.24) is 4.98 Å². The molecule has 1 unspecified atom stereocenters. The first-order valence-electron chi connectivity index (χ1n) is 6.48. The molecule has 1 heterocycles. The summed E-state index contributed by atoms with van der Waals surface area (Å²) >= 11 is 0. The minimum absolute atomic E-state index is 0.00301. The molecule has 20 heavy (non-hydrogen) atoms. The molecule has 0 radical (unpaired) electrons. The molecule has 0 saturated heterocycles. The van der Waals surface area contributed by atoms with Crippen LogP contribution in [0.25, 0.3) is 0 Å². The van der Waals surface area contributed by atoms with E-state index in [1.807, 2.05) is 13.8 Å². The minimum atomic E-state index is -0.423. The number of hydrogen-bond donors (Lipinski definition) is 1. The molecule has 0 bridgehead atoms. The molecular formula is C15H17N3O2. The van der Waals surface area contributed by atoms with Crippen LogP contribution in [0.4, 0.5) is 11.5 Å². The third-order valence-corrected chi connectivity index (χ3v) is 3.03. The Balaban J connectivity index is 2.06. The van der Waals surface area contributed by atoms with Crippen LogP contribution < -0.4 is 5.32 Å². The summed E-state index contributed by atoms with van der Waals surface area (Å²) < 4.78 is 0. The van der Waals surface area contributed by atoms with E-state index in [-0.39, 0.29) is 11.7 Å². The maximum absolute atomic E-state index is 10.9. The van der Waals surface area contributed by atoms with Crippen LogP contribution in [0.2, 0.25) is 0 Å². The Morgan fingerprint density at radius 1 is 1.30 bits per heavy atom. The Kier molecular flexibility index (Phi) is 4.30. The third kappa shape index (κ3) is 3.54. The van der Waals surface area contributed by atoms with E-state index in [1.54, 1.807) is 12.3 Å². The van der Waals surface area contributed by atoms with Gasteiger partial charge in [-0.1, -0.05) is 29.8 Å². The largest absolute Gasteiger partial charge is 0.362 e. The van der Waals surface area contributed by atoms with E-state index in [2.05, 4.69) is 34.6 Å². The van der Waals surface area contributed by atoms with Crippen LogP contribution >= 0.6 is 0 Å². The first-order chi connectivity index (χ1) is 9.56.